The summed E-state index contributed by atoms with van der Waals surface area (Å²) in [5.74, 6) is -0.296. The number of hydrogen-bond acceptors (Lipinski definition) is 4. The van der Waals surface area contributed by atoms with Gasteiger partial charge in [-0.05, 0) is 23.8 Å². The van der Waals surface area contributed by atoms with Gasteiger partial charge >= 0.3 is 0 Å². The Labute approximate surface area is 144 Å². The molecule has 0 spiro atoms. The van der Waals surface area contributed by atoms with Gasteiger partial charge in [-0.1, -0.05) is 18.2 Å². The van der Waals surface area contributed by atoms with Gasteiger partial charge < -0.3 is 20.1 Å². The van der Waals surface area contributed by atoms with E-state index >= 15 is 0 Å². The van der Waals surface area contributed by atoms with Gasteiger partial charge in [-0.25, -0.2) is 4.39 Å². The molecule has 2 aromatic carbocycles. The Morgan fingerprint density at radius 3 is 2.48 bits per heavy atom. The molecule has 25 heavy (non-hydrogen) atoms. The Bertz CT molecular complexity index is 764. The number of ether oxygens (including phenoxy) is 2. The molecule has 6 nitrogen and oxygen atoms in total. The van der Waals surface area contributed by atoms with Gasteiger partial charge in [-0.2, -0.15) is 0 Å². The van der Waals surface area contributed by atoms with Gasteiger partial charge in [-0.15, -0.1) is 0 Å². The molecule has 0 unspecified atom stereocenters. The van der Waals surface area contributed by atoms with E-state index in [0.717, 1.165) is 0 Å². The third kappa shape index (κ3) is 5.20. The Morgan fingerprint density at radius 2 is 1.80 bits per heavy atom. The molecule has 0 aromatic heterocycles. The van der Waals surface area contributed by atoms with Crippen LogP contribution in [0.1, 0.15) is 5.56 Å². The standard InChI is InChI=1S/C18H19FN2O4/c1-24-13-7-8-15(16(10-13)25-2)21-18(23)11-20-17(22)9-12-5-3-4-6-14(12)19/h3-8,10H,9,11H2,1-2H3,(H,20,22)(H,21,23). The van der Waals surface area contributed by atoms with E-state index in [2.05, 4.69) is 10.6 Å². The van der Waals surface area contributed by atoms with Gasteiger partial charge in [0.2, 0.25) is 11.8 Å². The van der Waals surface area contributed by atoms with Crippen LogP contribution >= 0.6 is 0 Å². The van der Waals surface area contributed by atoms with Gasteiger partial charge in [0.15, 0.2) is 0 Å². The number of rotatable bonds is 7. The first-order chi connectivity index (χ1) is 12.0. The number of halogens is 1. The van der Waals surface area contributed by atoms with E-state index in [4.69, 9.17) is 9.47 Å². The number of benzene rings is 2. The first-order valence-electron chi connectivity index (χ1n) is 7.55. The molecular formula is C18H19FN2O4. The fourth-order valence-corrected chi connectivity index (χ4v) is 2.15. The van der Waals surface area contributed by atoms with Crippen molar-refractivity contribution in [2.24, 2.45) is 0 Å². The lowest BCUT2D eigenvalue weighted by molar-refractivity contribution is -0.123. The quantitative estimate of drug-likeness (QED) is 0.805. The summed E-state index contributed by atoms with van der Waals surface area (Å²) in [5, 5.41) is 5.09. The largest absolute Gasteiger partial charge is 0.497 e. The van der Waals surface area contributed by atoms with Crippen molar-refractivity contribution < 1.29 is 23.5 Å². The smallest absolute Gasteiger partial charge is 0.243 e. The maximum atomic E-state index is 13.5. The predicted octanol–water partition coefficient (Wildman–Crippen LogP) is 2.14. The second-order valence-corrected chi connectivity index (χ2v) is 5.16. The number of methoxy groups -OCH3 is 2. The molecule has 0 saturated heterocycles. The number of nitrogens with one attached hydrogen (secondary N) is 2. The van der Waals surface area contributed by atoms with Crippen LogP contribution in [0.3, 0.4) is 0 Å². The molecule has 2 rings (SSSR count). The van der Waals surface area contributed by atoms with Crippen LogP contribution in [-0.2, 0) is 16.0 Å². The SMILES string of the molecule is COc1ccc(NC(=O)CNC(=O)Cc2ccccc2F)c(OC)c1. The lowest BCUT2D eigenvalue weighted by atomic mass is 10.1. The molecule has 2 N–H and O–H groups in total. The number of anilines is 1. The minimum Gasteiger partial charge on any atom is -0.497 e. The summed E-state index contributed by atoms with van der Waals surface area (Å²) in [4.78, 5) is 23.8. The zero-order valence-electron chi connectivity index (χ0n) is 14.0. The van der Waals surface area contributed by atoms with Gasteiger partial charge in [0, 0.05) is 6.07 Å². The van der Waals surface area contributed by atoms with Crippen LogP contribution < -0.4 is 20.1 Å². The van der Waals surface area contributed by atoms with Crippen LogP contribution in [0.15, 0.2) is 42.5 Å². The zero-order chi connectivity index (χ0) is 18.2. The molecule has 0 aliphatic rings. The van der Waals surface area contributed by atoms with Crippen molar-refractivity contribution in [2.75, 3.05) is 26.1 Å². The van der Waals surface area contributed by atoms with Crippen molar-refractivity contribution in [1.29, 1.82) is 0 Å². The summed E-state index contributed by atoms with van der Waals surface area (Å²) in [6, 6.07) is 10.9. The summed E-state index contributed by atoms with van der Waals surface area (Å²) in [5.41, 5.74) is 0.730. The maximum absolute atomic E-state index is 13.5. The first kappa shape index (κ1) is 18.3. The molecular weight excluding hydrogens is 327 g/mol. The lowest BCUT2D eigenvalue weighted by Crippen LogP contribution is -2.34. The second kappa shape index (κ2) is 8.68. The van der Waals surface area contributed by atoms with Crippen LogP contribution in [0.25, 0.3) is 0 Å². The van der Waals surface area contributed by atoms with Crippen molar-refractivity contribution in [3.8, 4) is 11.5 Å². The van der Waals surface area contributed by atoms with Gasteiger partial charge in [0.1, 0.15) is 17.3 Å². The van der Waals surface area contributed by atoms with Crippen molar-refractivity contribution in [2.45, 2.75) is 6.42 Å². The van der Waals surface area contributed by atoms with Crippen LogP contribution in [-0.4, -0.2) is 32.6 Å². The Morgan fingerprint density at radius 1 is 1.04 bits per heavy atom. The number of carbonyl (C=O) groups excluding carboxylic acids is 2. The summed E-state index contributed by atoms with van der Waals surface area (Å²) in [6.45, 7) is -0.234. The van der Waals surface area contributed by atoms with Gasteiger partial charge in [0.25, 0.3) is 0 Å². The molecule has 0 saturated carbocycles. The van der Waals surface area contributed by atoms with E-state index < -0.39 is 17.6 Å². The highest BCUT2D eigenvalue weighted by Gasteiger charge is 2.11. The lowest BCUT2D eigenvalue weighted by Gasteiger charge is -2.12. The molecule has 0 radical (unpaired) electrons. The van der Waals surface area contributed by atoms with Crippen molar-refractivity contribution in [3.05, 3.63) is 53.8 Å². The van der Waals surface area contributed by atoms with E-state index in [1.54, 1.807) is 30.3 Å². The fraction of sp³-hybridized carbons (Fsp3) is 0.222. The molecule has 0 bridgehead atoms. The zero-order valence-corrected chi connectivity index (χ0v) is 14.0. The molecule has 2 amide bonds. The molecule has 2 aromatic rings. The summed E-state index contributed by atoms with van der Waals surface area (Å²) in [7, 11) is 3.00. The van der Waals surface area contributed by atoms with Crippen molar-refractivity contribution in [1.82, 2.24) is 5.32 Å². The van der Waals surface area contributed by atoms with Crippen molar-refractivity contribution in [3.63, 3.8) is 0 Å². The van der Waals surface area contributed by atoms with E-state index in [0.29, 0.717) is 17.2 Å². The third-order valence-corrected chi connectivity index (χ3v) is 3.44. The first-order valence-corrected chi connectivity index (χ1v) is 7.55. The van der Waals surface area contributed by atoms with Crippen LogP contribution in [0.4, 0.5) is 10.1 Å². The molecule has 0 aliphatic carbocycles. The Balaban J connectivity index is 1.88. The topological polar surface area (TPSA) is 76.7 Å². The van der Waals surface area contributed by atoms with Gasteiger partial charge in [-0.3, -0.25) is 9.59 Å². The summed E-state index contributed by atoms with van der Waals surface area (Å²) in [6.07, 6.45) is -0.133. The van der Waals surface area contributed by atoms with Gasteiger partial charge in [0.05, 0.1) is 32.9 Å². The highest BCUT2D eigenvalue weighted by atomic mass is 19.1. The third-order valence-electron chi connectivity index (χ3n) is 3.44. The Hall–Kier alpha value is -3.09. The number of hydrogen-bond donors (Lipinski definition) is 2. The average molecular weight is 346 g/mol. The fourth-order valence-electron chi connectivity index (χ4n) is 2.15. The minimum absolute atomic E-state index is 0.133. The highest BCUT2D eigenvalue weighted by Crippen LogP contribution is 2.28. The highest BCUT2D eigenvalue weighted by molar-refractivity contribution is 5.96. The maximum Gasteiger partial charge on any atom is 0.243 e. The molecule has 0 aliphatic heterocycles. The number of carbonyl (C=O) groups is 2. The van der Waals surface area contributed by atoms with E-state index in [-0.39, 0.29) is 18.5 Å². The minimum atomic E-state index is -0.454. The van der Waals surface area contributed by atoms with E-state index in [1.165, 1.54) is 26.4 Å². The summed E-state index contributed by atoms with van der Waals surface area (Å²) < 4.78 is 23.8. The Kier molecular flexibility index (Phi) is 6.33. The van der Waals surface area contributed by atoms with Crippen LogP contribution in [0, 0.1) is 5.82 Å². The second-order valence-electron chi connectivity index (χ2n) is 5.16. The monoisotopic (exact) mass is 346 g/mol. The molecule has 0 heterocycles. The number of amides is 2. The summed E-state index contributed by atoms with van der Waals surface area (Å²) >= 11 is 0. The predicted molar refractivity (Wildman–Crippen MR) is 91.3 cm³/mol. The normalized spacial score (nSPS) is 10.0. The molecule has 0 fully saturated rings. The molecule has 132 valence electrons. The molecule has 0 atom stereocenters. The van der Waals surface area contributed by atoms with E-state index in [1.807, 2.05) is 0 Å². The van der Waals surface area contributed by atoms with Crippen LogP contribution in [0.5, 0.6) is 11.5 Å². The van der Waals surface area contributed by atoms with E-state index in [9.17, 15) is 14.0 Å². The van der Waals surface area contributed by atoms with Crippen molar-refractivity contribution >= 4 is 17.5 Å². The van der Waals surface area contributed by atoms with Crippen LogP contribution in [0.2, 0.25) is 0 Å². The average Bonchev–Trinajstić information content (AvgIpc) is 2.62. The molecule has 7 heteroatoms.